The normalized spacial score (nSPS) is 11.2. The van der Waals surface area contributed by atoms with Gasteiger partial charge in [0.05, 0.1) is 12.8 Å². The van der Waals surface area contributed by atoms with Crippen LogP contribution in [-0.4, -0.2) is 44.4 Å². The average Bonchev–Trinajstić information content (AvgIpc) is 2.26. The van der Waals surface area contributed by atoms with Crippen LogP contribution in [0, 0.1) is 0 Å². The summed E-state index contributed by atoms with van der Waals surface area (Å²) in [5.41, 5.74) is 1.02. The summed E-state index contributed by atoms with van der Waals surface area (Å²) in [4.78, 5) is 22.6. The fourth-order valence-corrected chi connectivity index (χ4v) is 1.75. The molecular weight excluding hydrogens is 282 g/mol. The van der Waals surface area contributed by atoms with E-state index < -0.39 is 15.9 Å². The minimum atomic E-state index is -3.40. The molecule has 0 aromatic heterocycles. The number of nitrogens with one attached hydrogen (secondary N) is 2. The summed E-state index contributed by atoms with van der Waals surface area (Å²) in [7, 11) is -2.08. The molecule has 110 valence electrons. The van der Waals surface area contributed by atoms with E-state index in [9.17, 15) is 18.0 Å². The van der Waals surface area contributed by atoms with E-state index in [0.717, 1.165) is 10.6 Å². The summed E-state index contributed by atoms with van der Waals surface area (Å²) in [6.45, 7) is 1.11. The molecule has 2 amide bonds. The highest BCUT2D eigenvalue weighted by Gasteiger charge is 2.15. The maximum absolute atomic E-state index is 11.7. The van der Waals surface area contributed by atoms with Crippen molar-refractivity contribution in [1.82, 2.24) is 4.31 Å². The van der Waals surface area contributed by atoms with E-state index in [0.29, 0.717) is 11.4 Å². The molecule has 0 atom stereocenters. The largest absolute Gasteiger partial charge is 0.326 e. The Morgan fingerprint density at radius 3 is 2.25 bits per heavy atom. The number of anilines is 2. The van der Waals surface area contributed by atoms with Crippen molar-refractivity contribution in [3.05, 3.63) is 24.3 Å². The van der Waals surface area contributed by atoms with Gasteiger partial charge in [0.15, 0.2) is 0 Å². The third kappa shape index (κ3) is 5.37. The number of nitrogens with zero attached hydrogens (tertiary/aromatic N) is 1. The zero-order valence-electron chi connectivity index (χ0n) is 11.5. The molecule has 0 heterocycles. The molecule has 2 N–H and O–H groups in total. The third-order valence-corrected chi connectivity index (χ3v) is 3.66. The highest BCUT2D eigenvalue weighted by Crippen LogP contribution is 2.15. The van der Waals surface area contributed by atoms with Gasteiger partial charge in [-0.15, -0.1) is 0 Å². The Balaban J connectivity index is 2.69. The molecule has 0 bridgehead atoms. The lowest BCUT2D eigenvalue weighted by molar-refractivity contribution is -0.116. The Hall–Kier alpha value is -1.93. The number of sulfonamides is 1. The molecule has 7 nitrogen and oxygen atoms in total. The maximum Gasteiger partial charge on any atom is 0.239 e. The smallest absolute Gasteiger partial charge is 0.239 e. The first kappa shape index (κ1) is 16.1. The molecule has 0 spiro atoms. The standard InChI is InChI=1S/C12H17N3O4S/c1-9(16)13-10-5-4-6-11(7-10)14-12(17)8-15(2)20(3,18)19/h4-7H,8H2,1-3H3,(H,13,16)(H,14,17). The van der Waals surface area contributed by atoms with Gasteiger partial charge >= 0.3 is 0 Å². The highest BCUT2D eigenvalue weighted by molar-refractivity contribution is 7.88. The van der Waals surface area contributed by atoms with Crippen LogP contribution in [0.3, 0.4) is 0 Å². The lowest BCUT2D eigenvalue weighted by Crippen LogP contribution is -2.34. The first-order valence-electron chi connectivity index (χ1n) is 5.77. The van der Waals surface area contributed by atoms with E-state index in [-0.39, 0.29) is 12.5 Å². The second-order valence-corrected chi connectivity index (χ2v) is 6.42. The Bertz CT molecular complexity index is 613. The summed E-state index contributed by atoms with van der Waals surface area (Å²) in [5.74, 6) is -0.678. The zero-order chi connectivity index (χ0) is 15.3. The lowest BCUT2D eigenvalue weighted by atomic mass is 10.2. The molecule has 0 saturated heterocycles. The molecule has 0 aliphatic heterocycles. The van der Waals surface area contributed by atoms with Gasteiger partial charge in [-0.3, -0.25) is 9.59 Å². The summed E-state index contributed by atoms with van der Waals surface area (Å²) in [6, 6.07) is 6.57. The van der Waals surface area contributed by atoms with Crippen LogP contribution in [0.25, 0.3) is 0 Å². The minimum Gasteiger partial charge on any atom is -0.326 e. The fourth-order valence-electron chi connectivity index (χ4n) is 1.40. The zero-order valence-corrected chi connectivity index (χ0v) is 12.3. The SMILES string of the molecule is CC(=O)Nc1cccc(NC(=O)CN(C)S(C)(=O)=O)c1. The molecule has 20 heavy (non-hydrogen) atoms. The fraction of sp³-hybridized carbons (Fsp3) is 0.333. The first-order valence-corrected chi connectivity index (χ1v) is 7.62. The molecule has 1 aromatic rings. The van der Waals surface area contributed by atoms with Crippen LogP contribution in [0.4, 0.5) is 11.4 Å². The number of rotatable bonds is 5. The van der Waals surface area contributed by atoms with Gasteiger partial charge in [-0.25, -0.2) is 8.42 Å². The van der Waals surface area contributed by atoms with Crippen LogP contribution in [-0.2, 0) is 19.6 Å². The van der Waals surface area contributed by atoms with Crippen molar-refractivity contribution in [3.63, 3.8) is 0 Å². The topological polar surface area (TPSA) is 95.6 Å². The number of carbonyl (C=O) groups is 2. The summed E-state index contributed by atoms with van der Waals surface area (Å²) in [6.07, 6.45) is 1.03. The molecule has 0 saturated carbocycles. The van der Waals surface area contributed by atoms with Crippen LogP contribution >= 0.6 is 0 Å². The number of carbonyl (C=O) groups excluding carboxylic acids is 2. The maximum atomic E-state index is 11.7. The van der Waals surface area contributed by atoms with Gasteiger partial charge in [0, 0.05) is 25.3 Å². The number of benzene rings is 1. The molecule has 0 aliphatic carbocycles. The lowest BCUT2D eigenvalue weighted by Gasteiger charge is -2.14. The van der Waals surface area contributed by atoms with E-state index >= 15 is 0 Å². The molecule has 0 aliphatic rings. The number of hydrogen-bond donors (Lipinski definition) is 2. The average molecular weight is 299 g/mol. The van der Waals surface area contributed by atoms with Crippen LogP contribution < -0.4 is 10.6 Å². The Morgan fingerprint density at radius 1 is 1.20 bits per heavy atom. The van der Waals surface area contributed by atoms with Gasteiger partial charge in [-0.2, -0.15) is 4.31 Å². The van der Waals surface area contributed by atoms with Crippen molar-refractivity contribution >= 4 is 33.2 Å². The monoisotopic (exact) mass is 299 g/mol. The quantitative estimate of drug-likeness (QED) is 0.826. The number of hydrogen-bond acceptors (Lipinski definition) is 4. The minimum absolute atomic E-state index is 0.217. The van der Waals surface area contributed by atoms with E-state index in [1.54, 1.807) is 24.3 Å². The Labute approximate surface area is 118 Å². The summed E-state index contributed by atoms with van der Waals surface area (Å²) < 4.78 is 23.3. The molecule has 0 fully saturated rings. The van der Waals surface area contributed by atoms with Gasteiger partial charge < -0.3 is 10.6 Å². The number of likely N-dealkylation sites (N-methyl/N-ethyl adjacent to an activating group) is 1. The molecule has 1 rings (SSSR count). The van der Waals surface area contributed by atoms with Crippen molar-refractivity contribution in [1.29, 1.82) is 0 Å². The van der Waals surface area contributed by atoms with Gasteiger partial charge in [0.2, 0.25) is 21.8 Å². The van der Waals surface area contributed by atoms with Crippen LogP contribution in [0.15, 0.2) is 24.3 Å². The third-order valence-electron chi connectivity index (χ3n) is 2.40. The van der Waals surface area contributed by atoms with E-state index in [1.165, 1.54) is 14.0 Å². The van der Waals surface area contributed by atoms with Crippen molar-refractivity contribution < 1.29 is 18.0 Å². The number of amides is 2. The molecular formula is C12H17N3O4S. The second-order valence-electron chi connectivity index (χ2n) is 4.33. The second kappa shape index (κ2) is 6.49. The van der Waals surface area contributed by atoms with Crippen LogP contribution in [0.1, 0.15) is 6.92 Å². The Kier molecular flexibility index (Phi) is 5.23. The molecule has 8 heteroatoms. The van der Waals surface area contributed by atoms with Gasteiger partial charge in [0.1, 0.15) is 0 Å². The van der Waals surface area contributed by atoms with Gasteiger partial charge in [-0.05, 0) is 18.2 Å². The van der Waals surface area contributed by atoms with Crippen molar-refractivity contribution in [2.45, 2.75) is 6.92 Å². The van der Waals surface area contributed by atoms with E-state index in [2.05, 4.69) is 10.6 Å². The van der Waals surface area contributed by atoms with Crippen molar-refractivity contribution in [2.24, 2.45) is 0 Å². The summed E-state index contributed by atoms with van der Waals surface area (Å²) in [5, 5.41) is 5.15. The summed E-state index contributed by atoms with van der Waals surface area (Å²) >= 11 is 0. The molecule has 0 unspecified atom stereocenters. The highest BCUT2D eigenvalue weighted by atomic mass is 32.2. The molecule has 1 aromatic carbocycles. The van der Waals surface area contributed by atoms with E-state index in [4.69, 9.17) is 0 Å². The van der Waals surface area contributed by atoms with Crippen LogP contribution in [0.5, 0.6) is 0 Å². The predicted molar refractivity (Wildman–Crippen MR) is 76.8 cm³/mol. The van der Waals surface area contributed by atoms with Gasteiger partial charge in [-0.1, -0.05) is 6.07 Å². The predicted octanol–water partition coefficient (Wildman–Crippen LogP) is 0.475. The first-order chi connectivity index (χ1) is 9.18. The Morgan fingerprint density at radius 2 is 1.75 bits per heavy atom. The molecule has 0 radical (unpaired) electrons. The van der Waals surface area contributed by atoms with E-state index in [1.807, 2.05) is 0 Å². The van der Waals surface area contributed by atoms with Crippen molar-refractivity contribution in [3.8, 4) is 0 Å². The van der Waals surface area contributed by atoms with Crippen molar-refractivity contribution in [2.75, 3.05) is 30.5 Å². The van der Waals surface area contributed by atoms with Crippen LogP contribution in [0.2, 0.25) is 0 Å². The van der Waals surface area contributed by atoms with Gasteiger partial charge in [0.25, 0.3) is 0 Å².